The molecule has 2 aromatic carbocycles. The molecule has 0 aliphatic carbocycles. The summed E-state index contributed by atoms with van der Waals surface area (Å²) in [6, 6.07) is 16.1. The summed E-state index contributed by atoms with van der Waals surface area (Å²) in [5.41, 5.74) is 3.75. The molecule has 37 heavy (non-hydrogen) atoms. The maximum Gasteiger partial charge on any atom is 0.301 e. The number of nitrogens with one attached hydrogen (secondary N) is 1. The number of carbonyl (C=O) groups is 1. The Labute approximate surface area is 218 Å². The number of hydrogen-bond acceptors (Lipinski definition) is 6. The molecule has 1 saturated heterocycles. The van der Waals surface area contributed by atoms with Crippen LogP contribution in [0.1, 0.15) is 27.0 Å². The third-order valence-corrected chi connectivity index (χ3v) is 7.78. The lowest BCUT2D eigenvalue weighted by molar-refractivity contribution is 0.0340. The van der Waals surface area contributed by atoms with Crippen molar-refractivity contribution in [3.63, 3.8) is 0 Å². The summed E-state index contributed by atoms with van der Waals surface area (Å²) < 4.78 is 41.3. The van der Waals surface area contributed by atoms with Crippen LogP contribution in [0.15, 0.2) is 67.0 Å². The lowest BCUT2D eigenvalue weighted by Gasteiger charge is -2.21. The highest BCUT2D eigenvalue weighted by Gasteiger charge is 2.37. The van der Waals surface area contributed by atoms with Crippen molar-refractivity contribution in [2.75, 3.05) is 32.0 Å². The van der Waals surface area contributed by atoms with E-state index in [0.717, 1.165) is 16.7 Å². The number of nitrogens with zero attached hydrogens (tertiary/aromatic N) is 3. The Kier molecular flexibility index (Phi) is 8.11. The molecule has 2 heterocycles. The predicted molar refractivity (Wildman–Crippen MR) is 142 cm³/mol. The first-order chi connectivity index (χ1) is 17.7. The van der Waals surface area contributed by atoms with Crippen molar-refractivity contribution in [1.82, 2.24) is 14.2 Å². The van der Waals surface area contributed by atoms with E-state index in [2.05, 4.69) is 9.71 Å². The Morgan fingerprint density at radius 3 is 2.62 bits per heavy atom. The average Bonchev–Trinajstić information content (AvgIpc) is 3.28. The third-order valence-electron chi connectivity index (χ3n) is 6.34. The van der Waals surface area contributed by atoms with Crippen molar-refractivity contribution in [2.24, 2.45) is 0 Å². The number of aromatic nitrogens is 1. The van der Waals surface area contributed by atoms with E-state index >= 15 is 0 Å². The van der Waals surface area contributed by atoms with E-state index in [1.165, 1.54) is 11.4 Å². The lowest BCUT2D eigenvalue weighted by atomic mass is 10.0. The molecule has 1 aromatic heterocycles. The zero-order valence-electron chi connectivity index (χ0n) is 21.4. The molecule has 10 heteroatoms. The number of carbonyl (C=O) groups excluding carboxylic acids is 1. The Morgan fingerprint density at radius 1 is 1.11 bits per heavy atom. The van der Waals surface area contributed by atoms with Gasteiger partial charge >= 0.3 is 10.2 Å². The predicted octanol–water partition coefficient (Wildman–Crippen LogP) is 3.41. The van der Waals surface area contributed by atoms with Crippen molar-refractivity contribution in [1.29, 1.82) is 0 Å². The van der Waals surface area contributed by atoms with Gasteiger partial charge in [0.25, 0.3) is 5.91 Å². The molecule has 0 radical (unpaired) electrons. The third kappa shape index (κ3) is 6.46. The number of rotatable bonds is 9. The quantitative estimate of drug-likeness (QED) is 0.461. The molecule has 3 aromatic rings. The van der Waals surface area contributed by atoms with E-state index in [9.17, 15) is 13.2 Å². The first-order valence-corrected chi connectivity index (χ1v) is 13.4. The van der Waals surface area contributed by atoms with Gasteiger partial charge in [-0.2, -0.15) is 12.7 Å². The fourth-order valence-electron chi connectivity index (χ4n) is 4.25. The second-order valence-corrected chi connectivity index (χ2v) is 11.0. The van der Waals surface area contributed by atoms with Crippen LogP contribution < -0.4 is 9.46 Å². The molecule has 0 saturated carbocycles. The van der Waals surface area contributed by atoms with Crippen LogP contribution in [-0.2, 0) is 21.5 Å². The maximum absolute atomic E-state index is 13.2. The smallest absolute Gasteiger partial charge is 0.301 e. The Hall–Kier alpha value is -3.47. The van der Waals surface area contributed by atoms with Crippen LogP contribution in [0.3, 0.4) is 0 Å². The van der Waals surface area contributed by atoms with Gasteiger partial charge in [-0.1, -0.05) is 29.8 Å². The Bertz CT molecular complexity index is 1350. The summed E-state index contributed by atoms with van der Waals surface area (Å²) in [6.07, 6.45) is 2.54. The zero-order chi connectivity index (χ0) is 26.6. The minimum atomic E-state index is -3.81. The number of pyridine rings is 1. The van der Waals surface area contributed by atoms with E-state index in [1.807, 2.05) is 38.1 Å². The van der Waals surface area contributed by atoms with Gasteiger partial charge < -0.3 is 14.4 Å². The van der Waals surface area contributed by atoms with Crippen LogP contribution in [0, 0.1) is 13.8 Å². The van der Waals surface area contributed by atoms with Crippen LogP contribution in [0.4, 0.5) is 5.69 Å². The number of amides is 1. The van der Waals surface area contributed by atoms with Crippen molar-refractivity contribution in [2.45, 2.75) is 32.6 Å². The van der Waals surface area contributed by atoms with E-state index in [0.29, 0.717) is 30.1 Å². The van der Waals surface area contributed by atoms with Crippen molar-refractivity contribution >= 4 is 21.8 Å². The lowest BCUT2D eigenvalue weighted by Crippen LogP contribution is -2.33. The molecule has 1 amide bonds. The summed E-state index contributed by atoms with van der Waals surface area (Å²) >= 11 is 0. The van der Waals surface area contributed by atoms with Gasteiger partial charge in [0.1, 0.15) is 18.0 Å². The van der Waals surface area contributed by atoms with E-state index < -0.39 is 16.3 Å². The molecule has 0 bridgehead atoms. The maximum atomic E-state index is 13.2. The highest BCUT2D eigenvalue weighted by Crippen LogP contribution is 2.26. The van der Waals surface area contributed by atoms with Gasteiger partial charge in [-0.15, -0.1) is 0 Å². The molecule has 1 fully saturated rings. The first kappa shape index (κ1) is 26.6. The van der Waals surface area contributed by atoms with Crippen LogP contribution in [-0.4, -0.2) is 68.0 Å². The molecule has 2 atom stereocenters. The monoisotopic (exact) mass is 524 g/mol. The summed E-state index contributed by atoms with van der Waals surface area (Å²) in [6.45, 7) is 4.82. The summed E-state index contributed by atoms with van der Waals surface area (Å²) in [4.78, 5) is 19.0. The van der Waals surface area contributed by atoms with Crippen LogP contribution in [0.2, 0.25) is 0 Å². The van der Waals surface area contributed by atoms with Gasteiger partial charge in [-0.3, -0.25) is 14.5 Å². The first-order valence-electron chi connectivity index (χ1n) is 12.0. The molecule has 1 N–H and O–H groups in total. The summed E-state index contributed by atoms with van der Waals surface area (Å²) in [5, 5.41) is 0. The normalized spacial score (nSPS) is 17.7. The number of likely N-dealkylation sites (tertiary alicyclic amines) is 1. The van der Waals surface area contributed by atoms with E-state index in [-0.39, 0.29) is 18.6 Å². The van der Waals surface area contributed by atoms with Gasteiger partial charge in [0, 0.05) is 44.7 Å². The van der Waals surface area contributed by atoms with Gasteiger partial charge in [-0.25, -0.2) is 0 Å². The number of anilines is 1. The molecule has 0 spiro atoms. The van der Waals surface area contributed by atoms with Gasteiger partial charge in [0.2, 0.25) is 0 Å². The average molecular weight is 525 g/mol. The minimum absolute atomic E-state index is 0.0625. The standard InChI is InChI=1S/C27H32N4O5S/c1-19-10-11-20(2)24(13-19)27(32)31-17-25(35-4)26(18-31)36-23-9-5-8-22(14-23)29-37(33,34)30(3)16-21-7-6-12-28-15-21/h5-15,25-26,29H,16-18H2,1-4H3. The molecule has 2 unspecified atom stereocenters. The number of ether oxygens (including phenoxy) is 2. The number of aryl methyl sites for hydroxylation is 2. The van der Waals surface area contributed by atoms with Crippen molar-refractivity contribution in [3.8, 4) is 5.75 Å². The highest BCUT2D eigenvalue weighted by molar-refractivity contribution is 7.90. The minimum Gasteiger partial charge on any atom is -0.486 e. The van der Waals surface area contributed by atoms with Crippen molar-refractivity contribution < 1.29 is 22.7 Å². The van der Waals surface area contributed by atoms with Crippen LogP contribution in [0.25, 0.3) is 0 Å². The zero-order valence-corrected chi connectivity index (χ0v) is 22.2. The second-order valence-electron chi connectivity index (χ2n) is 9.21. The largest absolute Gasteiger partial charge is 0.486 e. The second kappa shape index (κ2) is 11.3. The molecule has 1 aliphatic heterocycles. The van der Waals surface area contributed by atoms with Crippen molar-refractivity contribution in [3.05, 3.63) is 89.2 Å². The fraction of sp³-hybridized carbons (Fsp3) is 0.333. The number of methoxy groups -OCH3 is 1. The SMILES string of the molecule is COC1CN(C(=O)c2cc(C)ccc2C)CC1Oc1cccc(NS(=O)(=O)N(C)Cc2cccnc2)c1. The number of benzene rings is 2. The Morgan fingerprint density at radius 2 is 1.89 bits per heavy atom. The summed E-state index contributed by atoms with van der Waals surface area (Å²) in [5.74, 6) is 0.413. The topological polar surface area (TPSA) is 101 Å². The fourth-order valence-corrected chi connectivity index (χ4v) is 5.15. The number of hydrogen-bond donors (Lipinski definition) is 1. The summed E-state index contributed by atoms with van der Waals surface area (Å²) in [7, 11) is -0.715. The van der Waals surface area contributed by atoms with E-state index in [4.69, 9.17) is 9.47 Å². The Balaban J connectivity index is 1.43. The van der Waals surface area contributed by atoms with Crippen LogP contribution >= 0.6 is 0 Å². The molecule has 1 aliphatic rings. The molecular formula is C27H32N4O5S. The van der Waals surface area contributed by atoms with E-state index in [1.54, 1.807) is 54.7 Å². The highest BCUT2D eigenvalue weighted by atomic mass is 32.2. The molecule has 9 nitrogen and oxygen atoms in total. The molecular weight excluding hydrogens is 492 g/mol. The van der Waals surface area contributed by atoms with Gasteiger partial charge in [0.05, 0.1) is 18.8 Å². The molecule has 4 rings (SSSR count). The van der Waals surface area contributed by atoms with Gasteiger partial charge in [0.15, 0.2) is 0 Å². The van der Waals surface area contributed by atoms with Gasteiger partial charge in [-0.05, 0) is 49.2 Å². The molecule has 196 valence electrons. The van der Waals surface area contributed by atoms with Crippen LogP contribution in [0.5, 0.6) is 5.75 Å².